The fourth-order valence-corrected chi connectivity index (χ4v) is 4.64. The second-order valence-corrected chi connectivity index (χ2v) is 9.11. The quantitative estimate of drug-likeness (QED) is 0.655. The Bertz CT molecular complexity index is 1080. The number of hydrogen-bond donors (Lipinski definition) is 2. The molecule has 5 rings (SSSR count). The molecule has 0 saturated carbocycles. The zero-order valence-corrected chi connectivity index (χ0v) is 18.6. The van der Waals surface area contributed by atoms with E-state index in [2.05, 4.69) is 34.3 Å². The molecule has 3 aromatic rings. The molecule has 0 radical (unpaired) electrons. The molecule has 2 N–H and O–H groups in total. The second kappa shape index (κ2) is 8.88. The van der Waals surface area contributed by atoms with Crippen molar-refractivity contribution in [1.29, 1.82) is 0 Å². The molecule has 2 atom stereocenters. The van der Waals surface area contributed by atoms with E-state index >= 15 is 0 Å². The van der Waals surface area contributed by atoms with E-state index in [1.807, 2.05) is 30.3 Å². The van der Waals surface area contributed by atoms with E-state index in [0.717, 1.165) is 48.7 Å². The topological polar surface area (TPSA) is 86.5 Å². The maximum absolute atomic E-state index is 13.2. The van der Waals surface area contributed by atoms with Crippen molar-refractivity contribution in [1.82, 2.24) is 25.1 Å². The van der Waals surface area contributed by atoms with Crippen LogP contribution >= 0.6 is 0 Å². The number of amides is 1. The summed E-state index contributed by atoms with van der Waals surface area (Å²) >= 11 is 0. The number of aromatic nitrogens is 2. The van der Waals surface area contributed by atoms with Crippen LogP contribution in [0.3, 0.4) is 0 Å². The van der Waals surface area contributed by atoms with Gasteiger partial charge in [0, 0.05) is 49.7 Å². The Morgan fingerprint density at radius 2 is 2.06 bits per heavy atom. The summed E-state index contributed by atoms with van der Waals surface area (Å²) in [6.45, 7) is 8.93. The van der Waals surface area contributed by atoms with Crippen molar-refractivity contribution in [2.75, 3.05) is 31.5 Å². The summed E-state index contributed by atoms with van der Waals surface area (Å²) in [6.07, 6.45) is 3.52. The van der Waals surface area contributed by atoms with Crippen LogP contribution in [0.2, 0.25) is 0 Å². The van der Waals surface area contributed by atoms with Gasteiger partial charge in [-0.05, 0) is 24.1 Å². The van der Waals surface area contributed by atoms with E-state index in [9.17, 15) is 4.79 Å². The maximum Gasteiger partial charge on any atom is 0.242 e. The third-order valence-electron chi connectivity index (χ3n) is 6.42. The van der Waals surface area contributed by atoms with Crippen molar-refractivity contribution >= 4 is 22.6 Å². The van der Waals surface area contributed by atoms with Crippen LogP contribution in [0.15, 0.2) is 47.3 Å². The van der Waals surface area contributed by atoms with Crippen LogP contribution in [0, 0.1) is 5.92 Å². The summed E-state index contributed by atoms with van der Waals surface area (Å²) in [7, 11) is 0. The largest absolute Gasteiger partial charge is 0.472 e. The lowest BCUT2D eigenvalue weighted by Crippen LogP contribution is -2.57. The van der Waals surface area contributed by atoms with Crippen LogP contribution in [0.4, 0.5) is 5.82 Å². The van der Waals surface area contributed by atoms with Gasteiger partial charge in [0.25, 0.3) is 0 Å². The van der Waals surface area contributed by atoms with Crippen molar-refractivity contribution in [3.63, 3.8) is 0 Å². The number of benzene rings is 1. The van der Waals surface area contributed by atoms with E-state index in [1.165, 1.54) is 5.56 Å². The maximum atomic E-state index is 13.2. The number of para-hydroxylation sites is 1. The molecule has 1 fully saturated rings. The average molecular weight is 435 g/mol. The SMILES string of the molecule is CC(C)[C@@H]1Nc2nc(nc3ccccc23)CN2CCN(Cc3ccoc3)CC2CNC1=O. The van der Waals surface area contributed by atoms with E-state index in [0.29, 0.717) is 13.1 Å². The molecule has 8 heteroatoms. The highest BCUT2D eigenvalue weighted by molar-refractivity contribution is 5.92. The monoisotopic (exact) mass is 434 g/mol. The van der Waals surface area contributed by atoms with Crippen molar-refractivity contribution in [3.8, 4) is 0 Å². The summed E-state index contributed by atoms with van der Waals surface area (Å²) in [5.74, 6) is 1.65. The smallest absolute Gasteiger partial charge is 0.242 e. The molecule has 0 aliphatic carbocycles. The Balaban J connectivity index is 1.46. The van der Waals surface area contributed by atoms with Crippen LogP contribution in [-0.4, -0.2) is 63.9 Å². The standard InChI is InChI=1S/C24H30N6O2/c1-16(2)22-24(31)25-11-18-13-29(12-17-7-10-32-15-17)8-9-30(18)14-21-26-20-6-4-3-5-19(20)23(27-21)28-22/h3-7,10,15-16,18,22H,8-9,11-14H2,1-2H3,(H,25,31)(H,26,27,28)/t18?,22-/m0/s1. The van der Waals surface area contributed by atoms with E-state index in [4.69, 9.17) is 14.4 Å². The number of fused-ring (bicyclic) bond motifs is 5. The predicted octanol–water partition coefficient (Wildman–Crippen LogP) is 2.48. The zero-order chi connectivity index (χ0) is 22.1. The highest BCUT2D eigenvalue weighted by Gasteiger charge is 2.31. The van der Waals surface area contributed by atoms with Gasteiger partial charge in [-0.3, -0.25) is 14.6 Å². The first kappa shape index (κ1) is 20.9. The molecule has 0 spiro atoms. The fraction of sp³-hybridized carbons (Fsp3) is 0.458. The Morgan fingerprint density at radius 1 is 1.19 bits per heavy atom. The molecule has 2 bridgehead atoms. The number of furan rings is 1. The highest BCUT2D eigenvalue weighted by atomic mass is 16.3. The van der Waals surface area contributed by atoms with Crippen molar-refractivity contribution in [2.24, 2.45) is 5.92 Å². The van der Waals surface area contributed by atoms with Crippen molar-refractivity contribution in [2.45, 2.75) is 39.0 Å². The first-order valence-electron chi connectivity index (χ1n) is 11.3. The summed E-state index contributed by atoms with van der Waals surface area (Å²) in [4.78, 5) is 27.7. The van der Waals surface area contributed by atoms with Gasteiger partial charge >= 0.3 is 0 Å². The van der Waals surface area contributed by atoms with E-state index in [-0.39, 0.29) is 23.9 Å². The summed E-state index contributed by atoms with van der Waals surface area (Å²) in [5, 5.41) is 7.58. The predicted molar refractivity (Wildman–Crippen MR) is 123 cm³/mol. The highest BCUT2D eigenvalue weighted by Crippen LogP contribution is 2.24. The van der Waals surface area contributed by atoms with Crippen LogP contribution in [0.5, 0.6) is 0 Å². The van der Waals surface area contributed by atoms with Crippen LogP contribution < -0.4 is 10.6 Å². The molecule has 1 saturated heterocycles. The molecule has 168 valence electrons. The average Bonchev–Trinajstić information content (AvgIpc) is 3.29. The Hall–Kier alpha value is -2.97. The van der Waals surface area contributed by atoms with Gasteiger partial charge in [0.05, 0.1) is 24.6 Å². The van der Waals surface area contributed by atoms with Gasteiger partial charge in [-0.2, -0.15) is 0 Å². The van der Waals surface area contributed by atoms with Gasteiger partial charge in [-0.15, -0.1) is 0 Å². The number of rotatable bonds is 3. The molecule has 1 amide bonds. The van der Waals surface area contributed by atoms with Gasteiger partial charge in [0.2, 0.25) is 5.91 Å². The number of carbonyl (C=O) groups excluding carboxylic acids is 1. The minimum atomic E-state index is -0.363. The van der Waals surface area contributed by atoms with Gasteiger partial charge in [-0.1, -0.05) is 26.0 Å². The number of anilines is 1. The third-order valence-corrected chi connectivity index (χ3v) is 6.42. The number of nitrogens with zero attached hydrogens (tertiary/aromatic N) is 4. The van der Waals surface area contributed by atoms with Gasteiger partial charge < -0.3 is 15.1 Å². The summed E-state index contributed by atoms with van der Waals surface area (Å²) < 4.78 is 5.23. The molecular formula is C24H30N6O2. The Kier molecular flexibility index (Phi) is 5.80. The minimum Gasteiger partial charge on any atom is -0.472 e. The lowest BCUT2D eigenvalue weighted by Gasteiger charge is -2.41. The first-order chi connectivity index (χ1) is 15.6. The fourth-order valence-electron chi connectivity index (χ4n) is 4.64. The molecule has 2 aliphatic rings. The van der Waals surface area contributed by atoms with E-state index in [1.54, 1.807) is 12.5 Å². The lowest BCUT2D eigenvalue weighted by molar-refractivity contribution is -0.123. The number of carbonyl (C=O) groups is 1. The summed E-state index contributed by atoms with van der Waals surface area (Å²) in [5.41, 5.74) is 2.07. The third kappa shape index (κ3) is 4.33. The molecule has 8 nitrogen and oxygen atoms in total. The van der Waals surface area contributed by atoms with Crippen LogP contribution in [0.25, 0.3) is 10.9 Å². The lowest BCUT2D eigenvalue weighted by atomic mass is 10.0. The van der Waals surface area contributed by atoms with Gasteiger partial charge in [0.15, 0.2) is 0 Å². The minimum absolute atomic E-state index is 0.0121. The number of hydrogen-bond acceptors (Lipinski definition) is 7. The molecule has 32 heavy (non-hydrogen) atoms. The molecule has 2 aromatic heterocycles. The Morgan fingerprint density at radius 3 is 2.88 bits per heavy atom. The van der Waals surface area contributed by atoms with Gasteiger partial charge in [0.1, 0.15) is 17.7 Å². The number of piperazine rings is 1. The van der Waals surface area contributed by atoms with Gasteiger partial charge in [-0.25, -0.2) is 9.97 Å². The van der Waals surface area contributed by atoms with Crippen molar-refractivity contribution < 1.29 is 9.21 Å². The molecule has 1 unspecified atom stereocenters. The molecule has 1 aromatic carbocycles. The van der Waals surface area contributed by atoms with E-state index < -0.39 is 0 Å². The molecular weight excluding hydrogens is 404 g/mol. The second-order valence-electron chi connectivity index (χ2n) is 9.11. The Labute approximate surface area is 188 Å². The van der Waals surface area contributed by atoms with Crippen molar-refractivity contribution in [3.05, 3.63) is 54.2 Å². The first-order valence-corrected chi connectivity index (χ1v) is 11.3. The molecule has 2 aliphatic heterocycles. The summed E-state index contributed by atoms with van der Waals surface area (Å²) in [6, 6.07) is 9.82. The molecule has 4 heterocycles. The van der Waals surface area contributed by atoms with Crippen LogP contribution in [0.1, 0.15) is 25.2 Å². The van der Waals surface area contributed by atoms with Crippen LogP contribution in [-0.2, 0) is 17.9 Å². The zero-order valence-electron chi connectivity index (χ0n) is 18.6. The normalized spacial score (nSPS) is 22.8. The number of nitrogens with one attached hydrogen (secondary N) is 2.